The van der Waals surface area contributed by atoms with E-state index >= 15 is 0 Å². The second-order valence-corrected chi connectivity index (χ2v) is 4.89. The Morgan fingerprint density at radius 1 is 1.63 bits per heavy atom. The summed E-state index contributed by atoms with van der Waals surface area (Å²) in [6, 6.07) is 3.78. The predicted octanol–water partition coefficient (Wildman–Crippen LogP) is 1.37. The van der Waals surface area contributed by atoms with Gasteiger partial charge in [-0.3, -0.25) is 4.79 Å². The SMILES string of the molecule is O=C(CC1CCCN1)NCCOc1ncccc1Cl. The molecule has 2 N–H and O–H groups in total. The van der Waals surface area contributed by atoms with Gasteiger partial charge in [0.25, 0.3) is 0 Å². The van der Waals surface area contributed by atoms with E-state index in [4.69, 9.17) is 16.3 Å². The summed E-state index contributed by atoms with van der Waals surface area (Å²) in [4.78, 5) is 15.6. The summed E-state index contributed by atoms with van der Waals surface area (Å²) < 4.78 is 5.38. The van der Waals surface area contributed by atoms with Gasteiger partial charge in [0.1, 0.15) is 11.6 Å². The Labute approximate surface area is 117 Å². The lowest BCUT2D eigenvalue weighted by Gasteiger charge is -2.11. The zero-order chi connectivity index (χ0) is 13.5. The van der Waals surface area contributed by atoms with Crippen molar-refractivity contribution < 1.29 is 9.53 Å². The largest absolute Gasteiger partial charge is 0.475 e. The minimum absolute atomic E-state index is 0.0510. The number of pyridine rings is 1. The fraction of sp³-hybridized carbons (Fsp3) is 0.538. The van der Waals surface area contributed by atoms with Gasteiger partial charge in [0, 0.05) is 18.7 Å². The Morgan fingerprint density at radius 3 is 3.26 bits per heavy atom. The molecular formula is C13H18ClN3O2. The maximum Gasteiger partial charge on any atom is 0.232 e. The summed E-state index contributed by atoms with van der Waals surface area (Å²) in [6.45, 7) is 1.83. The Balaban J connectivity index is 1.61. The number of rotatable bonds is 6. The molecule has 1 fully saturated rings. The molecule has 0 radical (unpaired) electrons. The van der Waals surface area contributed by atoms with Gasteiger partial charge >= 0.3 is 0 Å². The quantitative estimate of drug-likeness (QED) is 0.774. The molecule has 0 spiro atoms. The van der Waals surface area contributed by atoms with Crippen LogP contribution in [0.15, 0.2) is 18.3 Å². The number of ether oxygens (including phenoxy) is 1. The first-order chi connectivity index (χ1) is 9.25. The molecule has 6 heteroatoms. The number of carbonyl (C=O) groups excluding carboxylic acids is 1. The summed E-state index contributed by atoms with van der Waals surface area (Å²) >= 11 is 5.90. The van der Waals surface area contributed by atoms with Crippen LogP contribution in [0.3, 0.4) is 0 Å². The van der Waals surface area contributed by atoms with Gasteiger partial charge in [0.15, 0.2) is 0 Å². The van der Waals surface area contributed by atoms with Crippen molar-refractivity contribution in [1.29, 1.82) is 0 Å². The van der Waals surface area contributed by atoms with E-state index < -0.39 is 0 Å². The molecule has 1 saturated heterocycles. The Bertz CT molecular complexity index is 422. The summed E-state index contributed by atoms with van der Waals surface area (Å²) in [6.07, 6.45) is 4.38. The maximum atomic E-state index is 11.6. The summed E-state index contributed by atoms with van der Waals surface area (Å²) in [5.74, 6) is 0.450. The normalized spacial score (nSPS) is 18.3. The molecule has 1 aliphatic heterocycles. The van der Waals surface area contributed by atoms with Crippen molar-refractivity contribution in [1.82, 2.24) is 15.6 Å². The molecule has 19 heavy (non-hydrogen) atoms. The van der Waals surface area contributed by atoms with E-state index in [1.807, 2.05) is 0 Å². The molecule has 1 atom stereocenters. The predicted molar refractivity (Wildman–Crippen MR) is 73.4 cm³/mol. The molecule has 1 unspecified atom stereocenters. The minimum atomic E-state index is 0.0510. The van der Waals surface area contributed by atoms with Gasteiger partial charge in [-0.1, -0.05) is 11.6 Å². The van der Waals surface area contributed by atoms with Crippen LogP contribution in [0.4, 0.5) is 0 Å². The molecule has 2 rings (SSSR count). The zero-order valence-corrected chi connectivity index (χ0v) is 11.4. The lowest BCUT2D eigenvalue weighted by molar-refractivity contribution is -0.121. The fourth-order valence-corrected chi connectivity index (χ4v) is 2.22. The van der Waals surface area contributed by atoms with Crippen LogP contribution in [0.1, 0.15) is 19.3 Å². The second kappa shape index (κ2) is 7.31. The minimum Gasteiger partial charge on any atom is -0.475 e. The lowest BCUT2D eigenvalue weighted by atomic mass is 10.1. The number of carbonyl (C=O) groups is 1. The second-order valence-electron chi connectivity index (χ2n) is 4.49. The smallest absolute Gasteiger partial charge is 0.232 e. The number of hydrogen-bond donors (Lipinski definition) is 2. The van der Waals surface area contributed by atoms with E-state index in [0.717, 1.165) is 19.4 Å². The molecule has 1 amide bonds. The van der Waals surface area contributed by atoms with E-state index in [-0.39, 0.29) is 5.91 Å². The monoisotopic (exact) mass is 283 g/mol. The highest BCUT2D eigenvalue weighted by Gasteiger charge is 2.17. The average molecular weight is 284 g/mol. The topological polar surface area (TPSA) is 63.2 Å². The van der Waals surface area contributed by atoms with Crippen molar-refractivity contribution in [3.63, 3.8) is 0 Å². The van der Waals surface area contributed by atoms with Crippen LogP contribution in [0.2, 0.25) is 5.02 Å². The zero-order valence-electron chi connectivity index (χ0n) is 10.7. The van der Waals surface area contributed by atoms with Crippen LogP contribution in [-0.4, -0.2) is 36.6 Å². The van der Waals surface area contributed by atoms with Crippen LogP contribution in [-0.2, 0) is 4.79 Å². The number of amides is 1. The Kier molecular flexibility index (Phi) is 5.42. The molecule has 1 aromatic rings. The van der Waals surface area contributed by atoms with Gasteiger partial charge in [-0.2, -0.15) is 0 Å². The van der Waals surface area contributed by atoms with Crippen LogP contribution < -0.4 is 15.4 Å². The number of hydrogen-bond acceptors (Lipinski definition) is 4. The third kappa shape index (κ3) is 4.69. The third-order valence-electron chi connectivity index (χ3n) is 2.98. The molecule has 0 bridgehead atoms. The number of nitrogens with zero attached hydrogens (tertiary/aromatic N) is 1. The van der Waals surface area contributed by atoms with Gasteiger partial charge in [0.2, 0.25) is 11.8 Å². The first kappa shape index (κ1) is 14.1. The molecule has 0 aliphatic carbocycles. The molecule has 5 nitrogen and oxygen atoms in total. The van der Waals surface area contributed by atoms with Gasteiger partial charge < -0.3 is 15.4 Å². The average Bonchev–Trinajstić information content (AvgIpc) is 2.89. The van der Waals surface area contributed by atoms with Gasteiger partial charge in [-0.15, -0.1) is 0 Å². The van der Waals surface area contributed by atoms with Gasteiger partial charge in [-0.25, -0.2) is 4.98 Å². The third-order valence-corrected chi connectivity index (χ3v) is 3.27. The van der Waals surface area contributed by atoms with Gasteiger partial charge in [0.05, 0.1) is 6.54 Å². The van der Waals surface area contributed by atoms with E-state index in [0.29, 0.717) is 36.5 Å². The molecule has 2 heterocycles. The van der Waals surface area contributed by atoms with Crippen molar-refractivity contribution in [2.24, 2.45) is 0 Å². The maximum absolute atomic E-state index is 11.6. The molecule has 0 saturated carbocycles. The van der Waals surface area contributed by atoms with Crippen LogP contribution in [0, 0.1) is 0 Å². The van der Waals surface area contributed by atoms with E-state index in [1.165, 1.54) is 0 Å². The number of aromatic nitrogens is 1. The first-order valence-electron chi connectivity index (χ1n) is 6.49. The van der Waals surface area contributed by atoms with Crippen molar-refractivity contribution in [2.45, 2.75) is 25.3 Å². The summed E-state index contributed by atoms with van der Waals surface area (Å²) in [5.41, 5.74) is 0. The van der Waals surface area contributed by atoms with Crippen molar-refractivity contribution in [3.8, 4) is 5.88 Å². The van der Waals surface area contributed by atoms with E-state index in [1.54, 1.807) is 18.3 Å². The molecular weight excluding hydrogens is 266 g/mol. The highest BCUT2D eigenvalue weighted by molar-refractivity contribution is 6.31. The first-order valence-corrected chi connectivity index (χ1v) is 6.87. The van der Waals surface area contributed by atoms with Gasteiger partial charge in [-0.05, 0) is 31.5 Å². The van der Waals surface area contributed by atoms with E-state index in [2.05, 4.69) is 15.6 Å². The van der Waals surface area contributed by atoms with Crippen LogP contribution in [0.25, 0.3) is 0 Å². The highest BCUT2D eigenvalue weighted by Crippen LogP contribution is 2.19. The molecule has 1 aromatic heterocycles. The molecule has 1 aliphatic rings. The van der Waals surface area contributed by atoms with Crippen molar-refractivity contribution >= 4 is 17.5 Å². The Morgan fingerprint density at radius 2 is 2.53 bits per heavy atom. The fourth-order valence-electron chi connectivity index (χ4n) is 2.04. The Hall–Kier alpha value is -1.33. The number of nitrogens with one attached hydrogen (secondary N) is 2. The van der Waals surface area contributed by atoms with E-state index in [9.17, 15) is 4.79 Å². The van der Waals surface area contributed by atoms with Crippen LogP contribution >= 0.6 is 11.6 Å². The summed E-state index contributed by atoms with van der Waals surface area (Å²) in [7, 11) is 0. The van der Waals surface area contributed by atoms with Crippen molar-refractivity contribution in [3.05, 3.63) is 23.4 Å². The standard InChI is InChI=1S/C13H18ClN3O2/c14-11-4-2-6-17-13(11)19-8-7-16-12(18)9-10-3-1-5-15-10/h2,4,6,10,15H,1,3,5,7-9H2,(H,16,18). The lowest BCUT2D eigenvalue weighted by Crippen LogP contribution is -2.34. The summed E-state index contributed by atoms with van der Waals surface area (Å²) in [5, 5.41) is 6.59. The van der Waals surface area contributed by atoms with Crippen LogP contribution in [0.5, 0.6) is 5.88 Å². The highest BCUT2D eigenvalue weighted by atomic mass is 35.5. The number of halogens is 1. The molecule has 104 valence electrons. The van der Waals surface area contributed by atoms with Crippen molar-refractivity contribution in [2.75, 3.05) is 19.7 Å². The molecule has 0 aromatic carbocycles.